The van der Waals surface area contributed by atoms with E-state index >= 15 is 0 Å². The standard InChI is InChI=1S/C16H26N4O4/c1-12-8-18(11-14(21)22)13(9-19-7-5-6-17-19)10-20(12)15(23)24-16(2,3)4/h5-7,12-13H,8-11H2,1-4H3,(H,21,22)/t12-,13+/m1/s1. The van der Waals surface area contributed by atoms with Crippen LogP contribution in [0.15, 0.2) is 18.5 Å². The molecule has 1 amide bonds. The molecule has 0 aliphatic carbocycles. The highest BCUT2D eigenvalue weighted by molar-refractivity contribution is 5.70. The number of rotatable bonds is 4. The van der Waals surface area contributed by atoms with Crippen molar-refractivity contribution in [1.29, 1.82) is 0 Å². The molecule has 1 aromatic heterocycles. The van der Waals surface area contributed by atoms with E-state index in [-0.39, 0.29) is 24.7 Å². The zero-order chi connectivity index (χ0) is 17.9. The number of ether oxygens (including phenoxy) is 1. The van der Waals surface area contributed by atoms with Gasteiger partial charge in [-0.3, -0.25) is 14.4 Å². The fraction of sp³-hybridized carbons (Fsp3) is 0.688. The third kappa shape index (κ3) is 4.95. The van der Waals surface area contributed by atoms with Gasteiger partial charge in [0.2, 0.25) is 0 Å². The molecule has 1 saturated heterocycles. The molecule has 0 radical (unpaired) electrons. The van der Waals surface area contributed by atoms with Crippen LogP contribution in [0.2, 0.25) is 0 Å². The molecule has 2 rings (SSSR count). The van der Waals surface area contributed by atoms with Crippen LogP contribution in [0.4, 0.5) is 4.79 Å². The van der Waals surface area contributed by atoms with Crippen molar-refractivity contribution in [1.82, 2.24) is 19.6 Å². The van der Waals surface area contributed by atoms with Gasteiger partial charge in [0.05, 0.1) is 13.1 Å². The molecule has 8 heteroatoms. The van der Waals surface area contributed by atoms with Gasteiger partial charge in [-0.2, -0.15) is 5.10 Å². The summed E-state index contributed by atoms with van der Waals surface area (Å²) in [6.45, 7) is 8.75. The molecule has 24 heavy (non-hydrogen) atoms. The molecule has 2 heterocycles. The highest BCUT2D eigenvalue weighted by atomic mass is 16.6. The summed E-state index contributed by atoms with van der Waals surface area (Å²) in [5.74, 6) is -0.876. The van der Waals surface area contributed by atoms with Crippen molar-refractivity contribution in [3.63, 3.8) is 0 Å². The number of aliphatic carboxylic acids is 1. The van der Waals surface area contributed by atoms with Crippen molar-refractivity contribution in [2.24, 2.45) is 0 Å². The van der Waals surface area contributed by atoms with Crippen LogP contribution in [0, 0.1) is 0 Å². The Morgan fingerprint density at radius 3 is 2.58 bits per heavy atom. The fourth-order valence-corrected chi connectivity index (χ4v) is 2.85. The van der Waals surface area contributed by atoms with Crippen LogP contribution in [0.3, 0.4) is 0 Å². The molecule has 2 atom stereocenters. The summed E-state index contributed by atoms with van der Waals surface area (Å²) in [5.41, 5.74) is -0.563. The van der Waals surface area contributed by atoms with E-state index in [9.17, 15) is 9.59 Å². The first-order valence-corrected chi connectivity index (χ1v) is 8.08. The monoisotopic (exact) mass is 338 g/mol. The Kier molecular flexibility index (Phi) is 5.48. The summed E-state index contributed by atoms with van der Waals surface area (Å²) in [5, 5.41) is 13.3. The predicted octanol–water partition coefficient (Wildman–Crippen LogP) is 1.28. The Labute approximate surface area is 142 Å². The number of hydrogen-bond acceptors (Lipinski definition) is 5. The number of amides is 1. The summed E-state index contributed by atoms with van der Waals surface area (Å²) in [7, 11) is 0. The van der Waals surface area contributed by atoms with Gasteiger partial charge in [0.1, 0.15) is 5.60 Å². The smallest absolute Gasteiger partial charge is 0.410 e. The van der Waals surface area contributed by atoms with Crippen LogP contribution in [-0.4, -0.2) is 74.1 Å². The minimum absolute atomic E-state index is 0.0571. The maximum absolute atomic E-state index is 12.4. The average molecular weight is 338 g/mol. The molecule has 1 aliphatic rings. The fourth-order valence-electron chi connectivity index (χ4n) is 2.85. The molecule has 1 N–H and O–H groups in total. The van der Waals surface area contributed by atoms with Crippen LogP contribution in [0.25, 0.3) is 0 Å². The summed E-state index contributed by atoms with van der Waals surface area (Å²) >= 11 is 0. The average Bonchev–Trinajstić information content (AvgIpc) is 2.91. The minimum atomic E-state index is -0.876. The highest BCUT2D eigenvalue weighted by Gasteiger charge is 2.37. The lowest BCUT2D eigenvalue weighted by Gasteiger charge is -2.44. The number of carboxylic acids is 1. The summed E-state index contributed by atoms with van der Waals surface area (Å²) in [4.78, 5) is 27.2. The number of aromatic nitrogens is 2. The van der Waals surface area contributed by atoms with Gasteiger partial charge >= 0.3 is 12.1 Å². The van der Waals surface area contributed by atoms with Crippen molar-refractivity contribution in [3.05, 3.63) is 18.5 Å². The SMILES string of the molecule is C[C@@H]1CN(CC(=O)O)[C@@H](Cn2cccn2)CN1C(=O)OC(C)(C)C. The third-order valence-corrected chi connectivity index (χ3v) is 3.88. The summed E-state index contributed by atoms with van der Waals surface area (Å²) < 4.78 is 7.23. The molecule has 1 aliphatic heterocycles. The highest BCUT2D eigenvalue weighted by Crippen LogP contribution is 2.20. The number of piperazine rings is 1. The van der Waals surface area contributed by atoms with E-state index in [0.29, 0.717) is 19.6 Å². The molecule has 1 fully saturated rings. The molecule has 1 aromatic rings. The number of nitrogens with zero attached hydrogens (tertiary/aromatic N) is 4. The Morgan fingerprint density at radius 2 is 2.04 bits per heavy atom. The lowest BCUT2D eigenvalue weighted by Crippen LogP contribution is -2.61. The van der Waals surface area contributed by atoms with E-state index in [0.717, 1.165) is 0 Å². The Hall–Kier alpha value is -2.09. The van der Waals surface area contributed by atoms with Crippen molar-refractivity contribution in [2.45, 2.75) is 51.9 Å². The molecular formula is C16H26N4O4. The molecule has 0 unspecified atom stereocenters. The van der Waals surface area contributed by atoms with Crippen molar-refractivity contribution in [3.8, 4) is 0 Å². The van der Waals surface area contributed by atoms with Gasteiger partial charge in [0, 0.05) is 37.6 Å². The van der Waals surface area contributed by atoms with E-state index in [4.69, 9.17) is 9.84 Å². The van der Waals surface area contributed by atoms with Crippen molar-refractivity contribution < 1.29 is 19.4 Å². The van der Waals surface area contributed by atoms with Crippen LogP contribution in [0.5, 0.6) is 0 Å². The second-order valence-electron chi connectivity index (χ2n) is 7.19. The lowest BCUT2D eigenvalue weighted by atomic mass is 10.1. The molecule has 0 spiro atoms. The third-order valence-electron chi connectivity index (χ3n) is 3.88. The summed E-state index contributed by atoms with van der Waals surface area (Å²) in [6.07, 6.45) is 3.14. The van der Waals surface area contributed by atoms with Crippen LogP contribution in [-0.2, 0) is 16.1 Å². The molecular weight excluding hydrogens is 312 g/mol. The molecule has 0 saturated carbocycles. The van der Waals surface area contributed by atoms with Gasteiger partial charge in [-0.05, 0) is 33.8 Å². The molecule has 134 valence electrons. The maximum Gasteiger partial charge on any atom is 0.410 e. The van der Waals surface area contributed by atoms with Gasteiger partial charge in [-0.15, -0.1) is 0 Å². The first-order chi connectivity index (χ1) is 11.2. The van der Waals surface area contributed by atoms with Gasteiger partial charge in [0.25, 0.3) is 0 Å². The lowest BCUT2D eigenvalue weighted by molar-refractivity contribution is -0.140. The quantitative estimate of drug-likeness (QED) is 0.890. The first-order valence-electron chi connectivity index (χ1n) is 8.08. The van der Waals surface area contributed by atoms with Gasteiger partial charge in [-0.1, -0.05) is 0 Å². The maximum atomic E-state index is 12.4. The number of hydrogen-bond donors (Lipinski definition) is 1. The van der Waals surface area contributed by atoms with Gasteiger partial charge < -0.3 is 14.7 Å². The van der Waals surface area contributed by atoms with Crippen LogP contribution < -0.4 is 0 Å². The molecule has 0 aromatic carbocycles. The Balaban J connectivity index is 2.13. The Bertz CT molecular complexity index is 567. The van der Waals surface area contributed by atoms with Crippen LogP contribution >= 0.6 is 0 Å². The number of carbonyl (C=O) groups excluding carboxylic acids is 1. The second-order valence-corrected chi connectivity index (χ2v) is 7.19. The zero-order valence-corrected chi connectivity index (χ0v) is 14.7. The zero-order valence-electron chi connectivity index (χ0n) is 14.7. The van der Waals surface area contributed by atoms with Gasteiger partial charge in [0.15, 0.2) is 0 Å². The number of carbonyl (C=O) groups is 2. The van der Waals surface area contributed by atoms with Crippen LogP contribution in [0.1, 0.15) is 27.7 Å². The van der Waals surface area contributed by atoms with E-state index in [1.54, 1.807) is 15.8 Å². The molecule has 0 bridgehead atoms. The topological polar surface area (TPSA) is 87.9 Å². The van der Waals surface area contributed by atoms with E-state index in [1.165, 1.54) is 0 Å². The van der Waals surface area contributed by atoms with E-state index < -0.39 is 11.6 Å². The van der Waals surface area contributed by atoms with E-state index in [2.05, 4.69) is 5.10 Å². The van der Waals surface area contributed by atoms with Crippen molar-refractivity contribution >= 4 is 12.1 Å². The minimum Gasteiger partial charge on any atom is -0.480 e. The Morgan fingerprint density at radius 1 is 1.33 bits per heavy atom. The predicted molar refractivity (Wildman–Crippen MR) is 87.6 cm³/mol. The van der Waals surface area contributed by atoms with E-state index in [1.807, 2.05) is 44.9 Å². The molecule has 8 nitrogen and oxygen atoms in total. The first kappa shape index (κ1) is 18.3. The largest absolute Gasteiger partial charge is 0.480 e. The second kappa shape index (κ2) is 7.21. The summed E-state index contributed by atoms with van der Waals surface area (Å²) in [6, 6.07) is 1.57. The van der Waals surface area contributed by atoms with Gasteiger partial charge in [-0.25, -0.2) is 4.79 Å². The normalized spacial score (nSPS) is 22.4. The van der Waals surface area contributed by atoms with Crippen molar-refractivity contribution in [2.75, 3.05) is 19.6 Å². The number of carboxylic acid groups (broad SMARTS) is 1.